The summed E-state index contributed by atoms with van der Waals surface area (Å²) in [5.41, 5.74) is 6.66. The summed E-state index contributed by atoms with van der Waals surface area (Å²) in [5, 5.41) is 2.62. The highest BCUT2D eigenvalue weighted by atomic mass is 14.7. The van der Waals surface area contributed by atoms with E-state index in [2.05, 4.69) is 108 Å². The Kier molecular flexibility index (Phi) is 4.42. The molecule has 1 heteroatoms. The Hall–Kier alpha value is -3.32. The van der Waals surface area contributed by atoms with Crippen LogP contribution in [0.25, 0.3) is 21.8 Å². The van der Waals surface area contributed by atoms with E-state index in [0.717, 1.165) is 12.8 Å². The SMILES string of the molecule is c1ccc(CC(Cc2ccccc2)c2cccc3c2[nH]c2ccccc23)cc1. The number of hydrogen-bond acceptors (Lipinski definition) is 0. The Morgan fingerprint density at radius 1 is 0.536 bits per heavy atom. The molecular weight excluding hydrogens is 338 g/mol. The lowest BCUT2D eigenvalue weighted by molar-refractivity contribution is 0.684. The second-order valence-electron chi connectivity index (χ2n) is 7.52. The maximum atomic E-state index is 3.70. The van der Waals surface area contributed by atoms with Gasteiger partial charge in [0.2, 0.25) is 0 Å². The van der Waals surface area contributed by atoms with Crippen molar-refractivity contribution in [3.05, 3.63) is 120 Å². The standard InChI is InChI=1S/C27H23N/c1-3-10-20(11-4-1)18-22(19-21-12-5-2-6-13-21)23-15-9-16-25-24-14-7-8-17-26(24)28-27(23)25/h1-17,22,28H,18-19H2. The van der Waals surface area contributed by atoms with E-state index in [-0.39, 0.29) is 0 Å². The van der Waals surface area contributed by atoms with Gasteiger partial charge in [0.05, 0.1) is 0 Å². The van der Waals surface area contributed by atoms with Crippen LogP contribution in [0.15, 0.2) is 103 Å². The molecule has 0 aliphatic rings. The maximum absolute atomic E-state index is 3.70. The molecule has 0 atom stereocenters. The van der Waals surface area contributed by atoms with Crippen molar-refractivity contribution in [3.8, 4) is 0 Å². The predicted octanol–water partition coefficient (Wildman–Crippen LogP) is 6.89. The molecule has 0 spiro atoms. The van der Waals surface area contributed by atoms with Crippen LogP contribution in [0.5, 0.6) is 0 Å². The van der Waals surface area contributed by atoms with Gasteiger partial charge in [-0.2, -0.15) is 0 Å². The normalized spacial score (nSPS) is 11.5. The van der Waals surface area contributed by atoms with Crippen molar-refractivity contribution >= 4 is 21.8 Å². The van der Waals surface area contributed by atoms with Crippen LogP contribution < -0.4 is 0 Å². The molecule has 0 aliphatic heterocycles. The van der Waals surface area contributed by atoms with E-state index in [0.29, 0.717) is 5.92 Å². The zero-order chi connectivity index (χ0) is 18.8. The number of nitrogens with one attached hydrogen (secondary N) is 1. The van der Waals surface area contributed by atoms with Crippen molar-refractivity contribution in [1.29, 1.82) is 0 Å². The zero-order valence-corrected chi connectivity index (χ0v) is 15.8. The summed E-state index contributed by atoms with van der Waals surface area (Å²) in [4.78, 5) is 3.70. The van der Waals surface area contributed by atoms with Gasteiger partial charge in [-0.05, 0) is 41.5 Å². The molecule has 136 valence electrons. The van der Waals surface area contributed by atoms with Crippen molar-refractivity contribution in [2.75, 3.05) is 0 Å². The molecule has 1 nitrogen and oxygen atoms in total. The van der Waals surface area contributed by atoms with Gasteiger partial charge in [-0.1, -0.05) is 97.1 Å². The van der Waals surface area contributed by atoms with Gasteiger partial charge in [0.1, 0.15) is 0 Å². The average molecular weight is 361 g/mol. The first kappa shape index (κ1) is 16.8. The fraction of sp³-hybridized carbons (Fsp3) is 0.111. The van der Waals surface area contributed by atoms with Gasteiger partial charge < -0.3 is 4.98 Å². The number of fused-ring (bicyclic) bond motifs is 3. The highest BCUT2D eigenvalue weighted by molar-refractivity contribution is 6.08. The lowest BCUT2D eigenvalue weighted by atomic mass is 9.85. The molecule has 0 radical (unpaired) electrons. The van der Waals surface area contributed by atoms with Crippen LogP contribution in [0, 0.1) is 0 Å². The van der Waals surface area contributed by atoms with Crippen LogP contribution in [0.3, 0.4) is 0 Å². The third-order valence-electron chi connectivity index (χ3n) is 5.66. The number of H-pyrrole nitrogens is 1. The molecule has 0 unspecified atom stereocenters. The molecular formula is C27H23N. The number of rotatable bonds is 5. The second kappa shape index (κ2) is 7.36. The number of aromatic nitrogens is 1. The zero-order valence-electron chi connectivity index (χ0n) is 15.8. The molecule has 0 saturated heterocycles. The third-order valence-corrected chi connectivity index (χ3v) is 5.66. The van der Waals surface area contributed by atoms with E-state index >= 15 is 0 Å². The van der Waals surface area contributed by atoms with E-state index < -0.39 is 0 Å². The fourth-order valence-electron chi connectivity index (χ4n) is 4.33. The Morgan fingerprint density at radius 2 is 1.11 bits per heavy atom. The second-order valence-corrected chi connectivity index (χ2v) is 7.52. The van der Waals surface area contributed by atoms with Crippen LogP contribution >= 0.6 is 0 Å². The molecule has 4 aromatic carbocycles. The molecule has 0 amide bonds. The van der Waals surface area contributed by atoms with Crippen molar-refractivity contribution < 1.29 is 0 Å². The van der Waals surface area contributed by atoms with Crippen LogP contribution in [0.4, 0.5) is 0 Å². The van der Waals surface area contributed by atoms with Gasteiger partial charge in [0.25, 0.3) is 0 Å². The van der Waals surface area contributed by atoms with E-state index in [1.165, 1.54) is 38.5 Å². The van der Waals surface area contributed by atoms with E-state index in [4.69, 9.17) is 0 Å². The van der Waals surface area contributed by atoms with Gasteiger partial charge in [-0.25, -0.2) is 0 Å². The molecule has 5 rings (SSSR count). The average Bonchev–Trinajstić information content (AvgIpc) is 3.14. The third kappa shape index (κ3) is 3.20. The summed E-state index contributed by atoms with van der Waals surface area (Å²) in [6.45, 7) is 0. The van der Waals surface area contributed by atoms with Gasteiger partial charge in [0.15, 0.2) is 0 Å². The van der Waals surface area contributed by atoms with E-state index in [1.54, 1.807) is 0 Å². The van der Waals surface area contributed by atoms with Crippen LogP contribution in [0.1, 0.15) is 22.6 Å². The quantitative estimate of drug-likeness (QED) is 0.351. The minimum atomic E-state index is 0.418. The summed E-state index contributed by atoms with van der Waals surface area (Å²) in [6, 6.07) is 37.0. The highest BCUT2D eigenvalue weighted by Crippen LogP contribution is 2.34. The summed E-state index contributed by atoms with van der Waals surface area (Å²) >= 11 is 0. The Morgan fingerprint density at radius 3 is 1.79 bits per heavy atom. The first-order valence-electron chi connectivity index (χ1n) is 9.96. The Balaban J connectivity index is 1.63. The van der Waals surface area contributed by atoms with Crippen LogP contribution in [-0.2, 0) is 12.8 Å². The van der Waals surface area contributed by atoms with E-state index in [1.807, 2.05) is 0 Å². The topological polar surface area (TPSA) is 15.8 Å². The summed E-state index contributed by atoms with van der Waals surface area (Å²) in [7, 11) is 0. The summed E-state index contributed by atoms with van der Waals surface area (Å²) < 4.78 is 0. The molecule has 0 bridgehead atoms. The fourth-order valence-corrected chi connectivity index (χ4v) is 4.33. The highest BCUT2D eigenvalue weighted by Gasteiger charge is 2.18. The molecule has 5 aromatic rings. The molecule has 0 fully saturated rings. The summed E-state index contributed by atoms with van der Waals surface area (Å²) in [5.74, 6) is 0.418. The smallest absolute Gasteiger partial charge is 0.0500 e. The van der Waals surface area contributed by atoms with Crippen molar-refractivity contribution in [3.63, 3.8) is 0 Å². The van der Waals surface area contributed by atoms with Gasteiger partial charge in [-0.3, -0.25) is 0 Å². The van der Waals surface area contributed by atoms with Crippen molar-refractivity contribution in [2.24, 2.45) is 0 Å². The summed E-state index contributed by atoms with van der Waals surface area (Å²) in [6.07, 6.45) is 2.06. The number of hydrogen-bond donors (Lipinski definition) is 1. The number of aromatic amines is 1. The molecule has 28 heavy (non-hydrogen) atoms. The minimum Gasteiger partial charge on any atom is -0.354 e. The molecule has 1 aromatic heterocycles. The maximum Gasteiger partial charge on any atom is 0.0500 e. The monoisotopic (exact) mass is 361 g/mol. The predicted molar refractivity (Wildman–Crippen MR) is 119 cm³/mol. The lowest BCUT2D eigenvalue weighted by Crippen LogP contribution is -2.07. The van der Waals surface area contributed by atoms with Gasteiger partial charge in [-0.15, -0.1) is 0 Å². The van der Waals surface area contributed by atoms with Gasteiger partial charge >= 0.3 is 0 Å². The lowest BCUT2D eigenvalue weighted by Gasteiger charge is -2.19. The van der Waals surface area contributed by atoms with Crippen LogP contribution in [-0.4, -0.2) is 4.98 Å². The van der Waals surface area contributed by atoms with Gasteiger partial charge in [0, 0.05) is 21.8 Å². The number of para-hydroxylation sites is 2. The Bertz CT molecular complexity index is 1160. The van der Waals surface area contributed by atoms with E-state index in [9.17, 15) is 0 Å². The number of benzene rings is 4. The molecule has 1 heterocycles. The largest absolute Gasteiger partial charge is 0.354 e. The molecule has 1 N–H and O–H groups in total. The van der Waals surface area contributed by atoms with Crippen LogP contribution in [0.2, 0.25) is 0 Å². The minimum absolute atomic E-state index is 0.418. The van der Waals surface area contributed by atoms with Crippen molar-refractivity contribution in [1.82, 2.24) is 4.98 Å². The Labute approximate surface area is 165 Å². The van der Waals surface area contributed by atoms with Crippen molar-refractivity contribution in [2.45, 2.75) is 18.8 Å². The molecule has 0 saturated carbocycles. The first-order valence-corrected chi connectivity index (χ1v) is 9.96. The molecule has 0 aliphatic carbocycles. The first-order chi connectivity index (χ1) is 13.9.